The summed E-state index contributed by atoms with van der Waals surface area (Å²) < 4.78 is 42.6. The van der Waals surface area contributed by atoms with Crippen molar-refractivity contribution in [3.05, 3.63) is 57.4 Å². The van der Waals surface area contributed by atoms with Gasteiger partial charge in [-0.3, -0.25) is 15.1 Å². The molecule has 134 valence electrons. The highest BCUT2D eigenvalue weighted by atomic mass is 19.4. The van der Waals surface area contributed by atoms with Gasteiger partial charge in [0.15, 0.2) is 5.75 Å². The summed E-state index contributed by atoms with van der Waals surface area (Å²) in [6.45, 7) is 0. The minimum atomic E-state index is -4.56. The second-order valence-corrected chi connectivity index (χ2v) is 4.95. The Kier molecular flexibility index (Phi) is 5.11. The molecule has 0 unspecified atom stereocenters. The normalized spacial score (nSPS) is 11.7. The quantitative estimate of drug-likeness (QED) is 0.502. The summed E-state index contributed by atoms with van der Waals surface area (Å²) in [5.41, 5.74) is -1.66. The number of phenols is 1. The van der Waals surface area contributed by atoms with Crippen LogP contribution in [0.2, 0.25) is 0 Å². The van der Waals surface area contributed by atoms with Crippen LogP contribution in [-0.4, -0.2) is 22.1 Å². The average Bonchev–Trinajstić information content (AvgIpc) is 2.59. The lowest BCUT2D eigenvalue weighted by Crippen LogP contribution is -2.05. The number of halogens is 3. The zero-order chi connectivity index (χ0) is 19.5. The largest absolute Gasteiger partial charge is 0.500 e. The Labute approximate surface area is 144 Å². The minimum Gasteiger partial charge on any atom is -0.500 e. The van der Waals surface area contributed by atoms with Crippen LogP contribution in [-0.2, 0) is 6.18 Å². The summed E-state index contributed by atoms with van der Waals surface area (Å²) >= 11 is 0. The zero-order valence-corrected chi connectivity index (χ0v) is 13.1. The van der Waals surface area contributed by atoms with Crippen LogP contribution in [0.3, 0.4) is 0 Å². The van der Waals surface area contributed by atoms with Crippen LogP contribution in [0.4, 0.5) is 18.9 Å². The van der Waals surface area contributed by atoms with Crippen molar-refractivity contribution in [2.24, 2.45) is 0 Å². The standard InChI is InChI=1S/C16H10F3N3O4/c1-26-14-6-9(5-13(15(14)23)22(24)25)4-10(7-20)12-3-2-11(8-21-12)16(17,18)19/h2-6,8,23H,1H3/b10-4+. The van der Waals surface area contributed by atoms with Crippen LogP contribution >= 0.6 is 0 Å². The number of benzene rings is 1. The Bertz CT molecular complexity index is 916. The van der Waals surface area contributed by atoms with Crippen molar-refractivity contribution in [1.82, 2.24) is 4.98 Å². The maximum Gasteiger partial charge on any atom is 0.417 e. The van der Waals surface area contributed by atoms with Crippen LogP contribution in [0.25, 0.3) is 11.6 Å². The van der Waals surface area contributed by atoms with Crippen LogP contribution < -0.4 is 4.74 Å². The first-order valence-electron chi connectivity index (χ1n) is 6.88. The number of nitro benzene ring substituents is 1. The molecule has 0 saturated carbocycles. The molecule has 26 heavy (non-hydrogen) atoms. The van der Waals surface area contributed by atoms with Crippen LogP contribution in [0, 0.1) is 21.4 Å². The van der Waals surface area contributed by atoms with Crippen molar-refractivity contribution in [3.8, 4) is 17.6 Å². The van der Waals surface area contributed by atoms with Crippen molar-refractivity contribution in [1.29, 1.82) is 5.26 Å². The van der Waals surface area contributed by atoms with Gasteiger partial charge in [0, 0.05) is 12.3 Å². The van der Waals surface area contributed by atoms with Crippen LogP contribution in [0.1, 0.15) is 16.8 Å². The fourth-order valence-electron chi connectivity index (χ4n) is 2.04. The Morgan fingerprint density at radius 3 is 2.58 bits per heavy atom. The van der Waals surface area contributed by atoms with E-state index in [1.807, 2.05) is 0 Å². The molecule has 1 aromatic carbocycles. The Hall–Kier alpha value is -3.61. The molecule has 2 rings (SSSR count). The topological polar surface area (TPSA) is 109 Å². The minimum absolute atomic E-state index is 0.0461. The summed E-state index contributed by atoms with van der Waals surface area (Å²) in [7, 11) is 1.19. The summed E-state index contributed by atoms with van der Waals surface area (Å²) in [6.07, 6.45) is -2.79. The van der Waals surface area contributed by atoms with Gasteiger partial charge in [0.1, 0.15) is 6.07 Å². The number of hydrogen-bond acceptors (Lipinski definition) is 6. The molecule has 0 fully saturated rings. The van der Waals surface area contributed by atoms with Gasteiger partial charge in [0.25, 0.3) is 0 Å². The number of aromatic hydroxyl groups is 1. The van der Waals surface area contributed by atoms with E-state index in [9.17, 15) is 33.7 Å². The second-order valence-electron chi connectivity index (χ2n) is 4.95. The second kappa shape index (κ2) is 7.10. The molecule has 0 amide bonds. The number of rotatable bonds is 4. The lowest BCUT2D eigenvalue weighted by atomic mass is 10.1. The summed E-state index contributed by atoms with van der Waals surface area (Å²) in [6, 6.07) is 5.80. The highest BCUT2D eigenvalue weighted by molar-refractivity contribution is 5.89. The van der Waals surface area contributed by atoms with Gasteiger partial charge in [0.05, 0.1) is 28.9 Å². The molecule has 0 saturated heterocycles. The monoisotopic (exact) mass is 365 g/mol. The molecule has 1 aromatic heterocycles. The number of pyridine rings is 1. The number of hydrogen-bond donors (Lipinski definition) is 1. The molecule has 2 aromatic rings. The number of nitro groups is 1. The fraction of sp³-hybridized carbons (Fsp3) is 0.125. The van der Waals surface area contributed by atoms with E-state index in [1.54, 1.807) is 6.07 Å². The number of ether oxygens (including phenoxy) is 1. The third-order valence-electron chi connectivity index (χ3n) is 3.29. The summed E-state index contributed by atoms with van der Waals surface area (Å²) in [5.74, 6) is -0.871. The van der Waals surface area contributed by atoms with Gasteiger partial charge in [-0.2, -0.15) is 18.4 Å². The summed E-state index contributed by atoms with van der Waals surface area (Å²) in [5, 5.41) is 29.9. The van der Waals surface area contributed by atoms with E-state index >= 15 is 0 Å². The maximum atomic E-state index is 12.6. The maximum absolute atomic E-state index is 12.6. The Morgan fingerprint density at radius 1 is 1.42 bits per heavy atom. The van der Waals surface area contributed by atoms with Gasteiger partial charge >= 0.3 is 11.9 Å². The van der Waals surface area contributed by atoms with Gasteiger partial charge < -0.3 is 9.84 Å². The van der Waals surface area contributed by atoms with E-state index in [4.69, 9.17) is 4.74 Å². The van der Waals surface area contributed by atoms with Crippen LogP contribution in [0.5, 0.6) is 11.5 Å². The molecular weight excluding hydrogens is 355 g/mol. The lowest BCUT2D eigenvalue weighted by molar-refractivity contribution is -0.386. The predicted molar refractivity (Wildman–Crippen MR) is 84.0 cm³/mol. The van der Waals surface area contributed by atoms with Gasteiger partial charge in [-0.1, -0.05) is 0 Å². The SMILES string of the molecule is COc1cc(/C=C(\C#N)c2ccc(C(F)(F)F)cn2)cc([N+](=O)[O-])c1O. The Morgan fingerprint density at radius 2 is 2.12 bits per heavy atom. The molecule has 1 N–H and O–H groups in total. The average molecular weight is 365 g/mol. The van der Waals surface area contributed by atoms with Gasteiger partial charge in [-0.05, 0) is 29.8 Å². The molecular formula is C16H10F3N3O4. The Balaban J connectivity index is 2.51. The van der Waals surface area contributed by atoms with Crippen molar-refractivity contribution in [3.63, 3.8) is 0 Å². The molecule has 1 heterocycles. The van der Waals surface area contributed by atoms with E-state index < -0.39 is 28.1 Å². The van der Waals surface area contributed by atoms with Crippen molar-refractivity contribution < 1.29 is 27.9 Å². The molecule has 0 aliphatic rings. The number of aromatic nitrogens is 1. The predicted octanol–water partition coefficient (Wildman–Crippen LogP) is 3.79. The van der Waals surface area contributed by atoms with Crippen molar-refractivity contribution >= 4 is 17.3 Å². The molecule has 10 heteroatoms. The number of allylic oxidation sites excluding steroid dienone is 1. The van der Waals surface area contributed by atoms with Gasteiger partial charge in [0.2, 0.25) is 5.75 Å². The molecule has 0 radical (unpaired) electrons. The van der Waals surface area contributed by atoms with Crippen LogP contribution in [0.15, 0.2) is 30.5 Å². The molecule has 7 nitrogen and oxygen atoms in total. The van der Waals surface area contributed by atoms with E-state index in [1.165, 1.54) is 19.3 Å². The first-order chi connectivity index (χ1) is 12.2. The number of methoxy groups -OCH3 is 1. The number of phenolic OH excluding ortho intramolecular Hbond substituents is 1. The molecule has 0 bridgehead atoms. The van der Waals surface area contributed by atoms with Crippen molar-refractivity contribution in [2.45, 2.75) is 6.18 Å². The van der Waals surface area contributed by atoms with E-state index in [0.29, 0.717) is 6.20 Å². The molecule has 0 atom stereocenters. The number of nitriles is 1. The smallest absolute Gasteiger partial charge is 0.417 e. The van der Waals surface area contributed by atoms with E-state index in [-0.39, 0.29) is 22.6 Å². The fourth-order valence-corrected chi connectivity index (χ4v) is 2.04. The number of nitrogens with zero attached hydrogens (tertiary/aromatic N) is 3. The zero-order valence-electron chi connectivity index (χ0n) is 13.1. The van der Waals surface area contributed by atoms with Crippen molar-refractivity contribution in [2.75, 3.05) is 7.11 Å². The summed E-state index contributed by atoms with van der Waals surface area (Å²) in [4.78, 5) is 13.8. The first kappa shape index (κ1) is 18.7. The molecule has 0 spiro atoms. The van der Waals surface area contributed by atoms with Gasteiger partial charge in [-0.15, -0.1) is 0 Å². The third-order valence-corrected chi connectivity index (χ3v) is 3.29. The third kappa shape index (κ3) is 3.89. The van der Waals surface area contributed by atoms with Gasteiger partial charge in [-0.25, -0.2) is 0 Å². The first-order valence-corrected chi connectivity index (χ1v) is 6.88. The molecule has 0 aliphatic carbocycles. The number of alkyl halides is 3. The highest BCUT2D eigenvalue weighted by Crippen LogP contribution is 2.38. The van der Waals surface area contributed by atoms with E-state index in [0.717, 1.165) is 18.2 Å². The highest BCUT2D eigenvalue weighted by Gasteiger charge is 2.30. The lowest BCUT2D eigenvalue weighted by Gasteiger charge is -2.07. The van der Waals surface area contributed by atoms with E-state index in [2.05, 4.69) is 4.98 Å². The molecule has 0 aliphatic heterocycles.